The Morgan fingerprint density at radius 2 is 2.04 bits per heavy atom. The number of pyridine rings is 1. The number of fused-ring (bicyclic) bond motifs is 1. The first-order valence-corrected chi connectivity index (χ1v) is 9.62. The van der Waals surface area contributed by atoms with Gasteiger partial charge in [0.15, 0.2) is 0 Å². The Morgan fingerprint density at radius 3 is 2.85 bits per heavy atom. The lowest BCUT2D eigenvalue weighted by atomic mass is 10.00. The smallest absolute Gasteiger partial charge is 0.299 e. The van der Waals surface area contributed by atoms with Gasteiger partial charge in [-0.25, -0.2) is 4.52 Å². The summed E-state index contributed by atoms with van der Waals surface area (Å²) in [6, 6.07) is 16.3. The van der Waals surface area contributed by atoms with Crippen LogP contribution >= 0.6 is 0 Å². The van der Waals surface area contributed by atoms with Crippen molar-refractivity contribution >= 4 is 11.4 Å². The second-order valence-electron chi connectivity index (χ2n) is 6.95. The van der Waals surface area contributed by atoms with Gasteiger partial charge in [0.05, 0.1) is 16.8 Å². The normalized spacial score (nSPS) is 16.8. The number of likely N-dealkylation sites (tertiary alicyclic amines) is 1. The van der Waals surface area contributed by atoms with Crippen LogP contribution in [-0.2, 0) is 4.79 Å². The van der Waals surface area contributed by atoms with E-state index in [2.05, 4.69) is 23.9 Å². The van der Waals surface area contributed by atoms with Crippen molar-refractivity contribution < 1.29 is 4.79 Å². The van der Waals surface area contributed by atoms with E-state index in [-0.39, 0.29) is 5.91 Å². The summed E-state index contributed by atoms with van der Waals surface area (Å²) in [6.07, 6.45) is 6.26. The summed E-state index contributed by atoms with van der Waals surface area (Å²) in [5, 5.41) is 4.64. The molecule has 4 nitrogen and oxygen atoms in total. The molecule has 4 rings (SSSR count). The fourth-order valence-electron chi connectivity index (χ4n) is 3.76. The van der Waals surface area contributed by atoms with Crippen molar-refractivity contribution in [2.75, 3.05) is 6.54 Å². The summed E-state index contributed by atoms with van der Waals surface area (Å²) in [6.45, 7) is 2.96. The van der Waals surface area contributed by atoms with Crippen molar-refractivity contribution in [1.29, 1.82) is 0 Å². The maximum absolute atomic E-state index is 12.6. The van der Waals surface area contributed by atoms with Crippen LogP contribution in [0.3, 0.4) is 0 Å². The van der Waals surface area contributed by atoms with Crippen LogP contribution in [0, 0.1) is 11.8 Å². The van der Waals surface area contributed by atoms with E-state index in [9.17, 15) is 4.79 Å². The first-order chi connectivity index (χ1) is 13.3. The molecule has 3 heterocycles. The van der Waals surface area contributed by atoms with Gasteiger partial charge in [0.25, 0.3) is 5.91 Å². The van der Waals surface area contributed by atoms with Crippen LogP contribution in [0.4, 0.5) is 0 Å². The Labute approximate surface area is 159 Å². The predicted molar refractivity (Wildman–Crippen MR) is 107 cm³/mol. The van der Waals surface area contributed by atoms with E-state index < -0.39 is 0 Å². The summed E-state index contributed by atoms with van der Waals surface area (Å²) in [5.41, 5.74) is 3.71. The molecule has 1 unspecified atom stereocenters. The van der Waals surface area contributed by atoms with Gasteiger partial charge in [0.1, 0.15) is 0 Å². The van der Waals surface area contributed by atoms with Gasteiger partial charge in [0.2, 0.25) is 0 Å². The molecule has 1 amide bonds. The Morgan fingerprint density at radius 1 is 1.19 bits per heavy atom. The van der Waals surface area contributed by atoms with Gasteiger partial charge in [-0.15, -0.1) is 0 Å². The van der Waals surface area contributed by atoms with Crippen LogP contribution in [0.1, 0.15) is 38.2 Å². The average Bonchev–Trinajstić information content (AvgIpc) is 3.17. The molecule has 3 aromatic rings. The minimum absolute atomic E-state index is 0.0636. The fourth-order valence-corrected chi connectivity index (χ4v) is 3.76. The third kappa shape index (κ3) is 3.59. The van der Waals surface area contributed by atoms with Gasteiger partial charge in [0, 0.05) is 30.3 Å². The van der Waals surface area contributed by atoms with Crippen LogP contribution in [0.5, 0.6) is 0 Å². The SMILES string of the molecule is CCC1CCCCN1C(=O)C#Cc1cccn2nc(-c3ccccc3)cc12. The predicted octanol–water partition coefficient (Wildman–Crippen LogP) is 4.14. The van der Waals surface area contributed by atoms with Gasteiger partial charge in [-0.05, 0) is 43.9 Å². The number of amides is 1. The van der Waals surface area contributed by atoms with Crippen LogP contribution < -0.4 is 0 Å². The second-order valence-corrected chi connectivity index (χ2v) is 6.95. The third-order valence-electron chi connectivity index (χ3n) is 5.23. The standard InChI is InChI=1S/C23H23N3O/c1-2-20-12-6-7-15-25(20)23(27)14-13-19-11-8-16-26-22(19)17-21(24-26)18-9-4-3-5-10-18/h3-5,8-11,16-17,20H,2,6-7,12,15H2,1H3. The summed E-state index contributed by atoms with van der Waals surface area (Å²) in [7, 11) is 0. The highest BCUT2D eigenvalue weighted by Gasteiger charge is 2.24. The van der Waals surface area contributed by atoms with Crippen molar-refractivity contribution in [2.24, 2.45) is 0 Å². The highest BCUT2D eigenvalue weighted by atomic mass is 16.2. The van der Waals surface area contributed by atoms with Crippen molar-refractivity contribution in [3.8, 4) is 23.1 Å². The number of benzene rings is 1. The van der Waals surface area contributed by atoms with Crippen LogP contribution in [0.15, 0.2) is 54.7 Å². The number of carbonyl (C=O) groups excluding carboxylic acids is 1. The topological polar surface area (TPSA) is 37.6 Å². The molecular formula is C23H23N3O. The zero-order valence-electron chi connectivity index (χ0n) is 15.6. The molecule has 0 bridgehead atoms. The number of rotatable bonds is 2. The van der Waals surface area contributed by atoms with Gasteiger partial charge in [-0.3, -0.25) is 4.79 Å². The Hall–Kier alpha value is -3.06. The number of nitrogens with zero attached hydrogens (tertiary/aromatic N) is 3. The molecule has 27 heavy (non-hydrogen) atoms. The van der Waals surface area contributed by atoms with E-state index in [0.29, 0.717) is 6.04 Å². The van der Waals surface area contributed by atoms with E-state index in [0.717, 1.165) is 48.1 Å². The van der Waals surface area contributed by atoms with Gasteiger partial charge in [-0.1, -0.05) is 43.2 Å². The molecule has 1 atom stereocenters. The molecule has 2 aromatic heterocycles. The van der Waals surface area contributed by atoms with Crippen molar-refractivity contribution in [3.63, 3.8) is 0 Å². The average molecular weight is 357 g/mol. The molecule has 0 saturated carbocycles. The highest BCUT2D eigenvalue weighted by molar-refractivity contribution is 5.95. The summed E-state index contributed by atoms with van der Waals surface area (Å²) in [4.78, 5) is 14.6. The van der Waals surface area contributed by atoms with E-state index in [1.807, 2.05) is 64.1 Å². The zero-order valence-corrected chi connectivity index (χ0v) is 15.6. The number of hydrogen-bond donors (Lipinski definition) is 0. The summed E-state index contributed by atoms with van der Waals surface area (Å²) in [5.74, 6) is 5.90. The van der Waals surface area contributed by atoms with Crippen molar-refractivity contribution in [3.05, 3.63) is 60.3 Å². The van der Waals surface area contributed by atoms with Crippen molar-refractivity contribution in [2.45, 2.75) is 38.6 Å². The monoisotopic (exact) mass is 357 g/mol. The Kier molecular flexibility index (Phi) is 4.93. The van der Waals surface area contributed by atoms with E-state index >= 15 is 0 Å². The molecule has 136 valence electrons. The number of hydrogen-bond acceptors (Lipinski definition) is 2. The van der Waals surface area contributed by atoms with Gasteiger partial charge >= 0.3 is 0 Å². The molecule has 1 aliphatic rings. The molecular weight excluding hydrogens is 334 g/mol. The first-order valence-electron chi connectivity index (χ1n) is 9.62. The third-order valence-corrected chi connectivity index (χ3v) is 5.23. The molecule has 1 fully saturated rings. The van der Waals surface area contributed by atoms with Crippen LogP contribution in [0.2, 0.25) is 0 Å². The lowest BCUT2D eigenvalue weighted by Gasteiger charge is -2.33. The quantitative estimate of drug-likeness (QED) is 0.646. The fraction of sp³-hybridized carbons (Fsp3) is 0.304. The minimum atomic E-state index is -0.0636. The summed E-state index contributed by atoms with van der Waals surface area (Å²) < 4.78 is 1.83. The molecule has 0 N–H and O–H groups in total. The molecule has 4 heteroatoms. The molecule has 1 aliphatic heterocycles. The first kappa shape index (κ1) is 17.4. The lowest BCUT2D eigenvalue weighted by molar-refractivity contribution is -0.128. The van der Waals surface area contributed by atoms with E-state index in [4.69, 9.17) is 0 Å². The second kappa shape index (κ2) is 7.67. The van der Waals surface area contributed by atoms with E-state index in [1.54, 1.807) is 0 Å². The van der Waals surface area contributed by atoms with Crippen LogP contribution in [0.25, 0.3) is 16.8 Å². The van der Waals surface area contributed by atoms with E-state index in [1.165, 1.54) is 6.42 Å². The molecule has 0 aliphatic carbocycles. The molecule has 0 spiro atoms. The number of piperidine rings is 1. The largest absolute Gasteiger partial charge is 0.329 e. The molecule has 1 aromatic carbocycles. The van der Waals surface area contributed by atoms with Crippen LogP contribution in [-0.4, -0.2) is 33.0 Å². The summed E-state index contributed by atoms with van der Waals surface area (Å²) >= 11 is 0. The molecule has 1 saturated heterocycles. The highest BCUT2D eigenvalue weighted by Crippen LogP contribution is 2.22. The number of carbonyl (C=O) groups is 1. The molecule has 0 radical (unpaired) electrons. The lowest BCUT2D eigenvalue weighted by Crippen LogP contribution is -2.42. The minimum Gasteiger partial charge on any atom is -0.329 e. The number of aromatic nitrogens is 2. The maximum Gasteiger partial charge on any atom is 0.299 e. The Balaban J connectivity index is 1.64. The Bertz CT molecular complexity index is 1010. The zero-order chi connectivity index (χ0) is 18.6. The van der Waals surface area contributed by atoms with Crippen molar-refractivity contribution in [1.82, 2.24) is 14.5 Å². The van der Waals surface area contributed by atoms with Gasteiger partial charge in [-0.2, -0.15) is 5.10 Å². The van der Waals surface area contributed by atoms with Gasteiger partial charge < -0.3 is 4.90 Å². The maximum atomic E-state index is 12.6.